The maximum absolute atomic E-state index is 13.5. The Morgan fingerprint density at radius 3 is 2.67 bits per heavy atom. The van der Waals surface area contributed by atoms with Crippen molar-refractivity contribution in [1.82, 2.24) is 14.5 Å². The lowest BCUT2D eigenvalue weighted by molar-refractivity contribution is 0.439. The fourth-order valence-electron chi connectivity index (χ4n) is 4.20. The summed E-state index contributed by atoms with van der Waals surface area (Å²) < 4.78 is 40.8. The molecule has 3 aromatic heterocycles. The number of halogens is 1. The van der Waals surface area contributed by atoms with Gasteiger partial charge in [0.2, 0.25) is 0 Å². The van der Waals surface area contributed by atoms with Crippen LogP contribution >= 0.6 is 0 Å². The molecule has 0 aliphatic rings. The SMILES string of the molecule is C#Cc1ccc2c(c1)[nH]c1c2c(=O)c2cc(C)c(-c3cncc(OS(=O)(=O)F)c3)cc2n1C. The molecule has 33 heavy (non-hydrogen) atoms. The van der Waals surface area contributed by atoms with E-state index in [-0.39, 0.29) is 11.2 Å². The summed E-state index contributed by atoms with van der Waals surface area (Å²) in [4.78, 5) is 20.7. The Hall–Kier alpha value is -4.16. The van der Waals surface area contributed by atoms with E-state index in [1.165, 1.54) is 12.3 Å². The molecular formula is C24H16FN3O4S. The molecule has 7 nitrogen and oxygen atoms in total. The van der Waals surface area contributed by atoms with Crippen molar-refractivity contribution < 1.29 is 16.5 Å². The van der Waals surface area contributed by atoms with Gasteiger partial charge in [-0.1, -0.05) is 15.9 Å². The van der Waals surface area contributed by atoms with Crippen molar-refractivity contribution in [2.75, 3.05) is 0 Å². The van der Waals surface area contributed by atoms with E-state index in [0.717, 1.165) is 22.7 Å². The Morgan fingerprint density at radius 2 is 1.94 bits per heavy atom. The van der Waals surface area contributed by atoms with E-state index < -0.39 is 10.5 Å². The van der Waals surface area contributed by atoms with Crippen molar-refractivity contribution in [3.8, 4) is 29.2 Å². The van der Waals surface area contributed by atoms with Crippen LogP contribution in [-0.4, -0.2) is 23.0 Å². The number of benzene rings is 2. The number of pyridine rings is 2. The van der Waals surface area contributed by atoms with Crippen LogP contribution in [0.1, 0.15) is 11.1 Å². The van der Waals surface area contributed by atoms with Gasteiger partial charge < -0.3 is 13.7 Å². The molecule has 0 aliphatic heterocycles. The molecule has 0 atom stereocenters. The molecule has 5 rings (SSSR count). The quantitative estimate of drug-likeness (QED) is 0.322. The van der Waals surface area contributed by atoms with Gasteiger partial charge in [-0.3, -0.25) is 9.78 Å². The van der Waals surface area contributed by atoms with Crippen molar-refractivity contribution >= 4 is 43.3 Å². The summed E-state index contributed by atoms with van der Waals surface area (Å²) in [6.07, 6.45) is 8.12. The van der Waals surface area contributed by atoms with E-state index in [4.69, 9.17) is 6.42 Å². The Labute approximate surface area is 187 Å². The molecule has 0 unspecified atom stereocenters. The van der Waals surface area contributed by atoms with Crippen molar-refractivity contribution in [1.29, 1.82) is 0 Å². The molecule has 0 bridgehead atoms. The standard InChI is InChI=1S/C24H16FN3O4S/c1-4-14-5-6-17-20(8-14)27-24-22(17)23(29)19-7-13(2)18(10-21(19)28(24)3)15-9-16(12-26-11-15)32-33(25,30)31/h1,5-12,27H,2-3H3. The summed E-state index contributed by atoms with van der Waals surface area (Å²) in [5.74, 6) is 2.34. The number of rotatable bonds is 3. The predicted molar refractivity (Wildman–Crippen MR) is 125 cm³/mol. The van der Waals surface area contributed by atoms with Gasteiger partial charge in [0, 0.05) is 40.7 Å². The zero-order valence-corrected chi connectivity index (χ0v) is 18.3. The first-order valence-electron chi connectivity index (χ1n) is 9.81. The number of aromatic nitrogens is 3. The first-order valence-corrected chi connectivity index (χ1v) is 11.1. The Bertz CT molecular complexity index is 1830. The summed E-state index contributed by atoms with van der Waals surface area (Å²) in [5.41, 5.74) is 4.61. The summed E-state index contributed by atoms with van der Waals surface area (Å²) in [7, 11) is -3.34. The van der Waals surface area contributed by atoms with E-state index in [9.17, 15) is 17.1 Å². The van der Waals surface area contributed by atoms with E-state index >= 15 is 0 Å². The average Bonchev–Trinajstić information content (AvgIpc) is 3.15. The number of aromatic amines is 1. The van der Waals surface area contributed by atoms with Gasteiger partial charge in [0.15, 0.2) is 11.2 Å². The van der Waals surface area contributed by atoms with Gasteiger partial charge in [-0.2, -0.15) is 8.42 Å². The number of nitrogens with zero attached hydrogens (tertiary/aromatic N) is 2. The summed E-state index contributed by atoms with van der Waals surface area (Å²) in [6, 6.07) is 10.4. The smallest absolute Gasteiger partial charge is 0.357 e. The van der Waals surface area contributed by atoms with Crippen LogP contribution in [0.5, 0.6) is 5.75 Å². The third-order valence-corrected chi connectivity index (χ3v) is 6.07. The molecule has 164 valence electrons. The molecule has 0 amide bonds. The van der Waals surface area contributed by atoms with Gasteiger partial charge in [0.05, 0.1) is 17.1 Å². The number of terminal acetylenes is 1. The van der Waals surface area contributed by atoms with Crippen LogP contribution in [0.15, 0.2) is 53.6 Å². The van der Waals surface area contributed by atoms with Crippen LogP contribution in [0, 0.1) is 19.3 Å². The van der Waals surface area contributed by atoms with Crippen LogP contribution in [0.2, 0.25) is 0 Å². The lowest BCUT2D eigenvalue weighted by atomic mass is 9.98. The maximum atomic E-state index is 13.5. The van der Waals surface area contributed by atoms with Crippen LogP contribution in [-0.2, 0) is 17.6 Å². The Morgan fingerprint density at radius 1 is 1.15 bits per heavy atom. The lowest BCUT2D eigenvalue weighted by Crippen LogP contribution is -2.09. The van der Waals surface area contributed by atoms with Crippen molar-refractivity contribution in [3.05, 3.63) is 70.1 Å². The third kappa shape index (κ3) is 3.41. The molecule has 0 fully saturated rings. The second-order valence-electron chi connectivity index (χ2n) is 7.71. The number of H-pyrrole nitrogens is 1. The summed E-state index contributed by atoms with van der Waals surface area (Å²) in [5, 5.41) is 1.88. The summed E-state index contributed by atoms with van der Waals surface area (Å²) >= 11 is 0. The number of hydrogen-bond acceptors (Lipinski definition) is 5. The molecule has 0 saturated carbocycles. The van der Waals surface area contributed by atoms with Gasteiger partial charge in [0.25, 0.3) is 0 Å². The zero-order chi connectivity index (χ0) is 23.5. The minimum atomic E-state index is -5.18. The zero-order valence-electron chi connectivity index (χ0n) is 17.5. The van der Waals surface area contributed by atoms with Crippen LogP contribution in [0.25, 0.3) is 44.0 Å². The van der Waals surface area contributed by atoms with Crippen molar-refractivity contribution in [2.45, 2.75) is 6.92 Å². The van der Waals surface area contributed by atoms with Crippen LogP contribution < -0.4 is 9.61 Å². The minimum absolute atomic E-state index is 0.119. The number of fused-ring (bicyclic) bond motifs is 4. The maximum Gasteiger partial charge on any atom is 0.488 e. The van der Waals surface area contributed by atoms with E-state index in [0.29, 0.717) is 38.6 Å². The topological polar surface area (TPSA) is 94.1 Å². The molecule has 0 saturated heterocycles. The highest BCUT2D eigenvalue weighted by Gasteiger charge is 2.17. The fourth-order valence-corrected chi connectivity index (χ4v) is 4.52. The van der Waals surface area contributed by atoms with Crippen molar-refractivity contribution in [3.63, 3.8) is 0 Å². The largest absolute Gasteiger partial charge is 0.488 e. The van der Waals surface area contributed by atoms with Crippen molar-refractivity contribution in [2.24, 2.45) is 7.05 Å². The highest BCUT2D eigenvalue weighted by Crippen LogP contribution is 2.32. The van der Waals surface area contributed by atoms with Crippen LogP contribution in [0.4, 0.5) is 3.89 Å². The van der Waals surface area contributed by atoms with Gasteiger partial charge >= 0.3 is 10.5 Å². The Kier molecular flexibility index (Phi) is 4.51. The summed E-state index contributed by atoms with van der Waals surface area (Å²) in [6.45, 7) is 1.83. The van der Waals surface area contributed by atoms with Gasteiger partial charge in [-0.15, -0.1) is 6.42 Å². The number of nitrogens with one attached hydrogen (secondary N) is 1. The second-order valence-corrected chi connectivity index (χ2v) is 8.66. The normalized spacial score (nSPS) is 11.8. The lowest BCUT2D eigenvalue weighted by Gasteiger charge is -2.13. The first-order chi connectivity index (χ1) is 15.7. The first kappa shape index (κ1) is 20.7. The minimum Gasteiger partial charge on any atom is -0.357 e. The second kappa shape index (κ2) is 7.18. The molecular weight excluding hydrogens is 445 g/mol. The van der Waals surface area contributed by atoms with Gasteiger partial charge in [0.1, 0.15) is 5.65 Å². The highest BCUT2D eigenvalue weighted by atomic mass is 32.3. The molecule has 2 aromatic carbocycles. The van der Waals surface area contributed by atoms with Gasteiger partial charge in [-0.05, 0) is 48.4 Å². The molecule has 9 heteroatoms. The highest BCUT2D eigenvalue weighted by molar-refractivity contribution is 7.81. The predicted octanol–water partition coefficient (Wildman–Crippen LogP) is 4.12. The molecule has 3 heterocycles. The molecule has 0 aliphatic carbocycles. The molecule has 5 aromatic rings. The van der Waals surface area contributed by atoms with Gasteiger partial charge in [-0.25, -0.2) is 0 Å². The fraction of sp³-hybridized carbons (Fsp3) is 0.0833. The van der Waals surface area contributed by atoms with E-state index in [2.05, 4.69) is 20.1 Å². The Balaban J connectivity index is 1.79. The van der Waals surface area contributed by atoms with E-state index in [1.54, 1.807) is 12.1 Å². The molecule has 0 radical (unpaired) electrons. The molecule has 1 N–H and O–H groups in total. The average molecular weight is 461 g/mol. The molecule has 0 spiro atoms. The number of hydrogen-bond donors (Lipinski definition) is 1. The van der Waals surface area contributed by atoms with E-state index in [1.807, 2.05) is 36.7 Å². The van der Waals surface area contributed by atoms with Crippen LogP contribution in [0.3, 0.4) is 0 Å². The number of aryl methyl sites for hydroxylation is 2. The monoisotopic (exact) mass is 461 g/mol. The third-order valence-electron chi connectivity index (χ3n) is 5.68.